The molecule has 1 atom stereocenters. The van der Waals surface area contributed by atoms with Crippen LogP contribution in [-0.2, 0) is 0 Å². The summed E-state index contributed by atoms with van der Waals surface area (Å²) < 4.78 is 0. The number of aliphatic hydroxyl groups is 1. The molecule has 1 saturated heterocycles. The molecule has 0 aromatic heterocycles. The van der Waals surface area contributed by atoms with E-state index in [9.17, 15) is 5.11 Å². The summed E-state index contributed by atoms with van der Waals surface area (Å²) >= 11 is 0. The van der Waals surface area contributed by atoms with Crippen LogP contribution in [0.2, 0.25) is 0 Å². The van der Waals surface area contributed by atoms with Crippen molar-refractivity contribution in [3.8, 4) is 0 Å². The van der Waals surface area contributed by atoms with Crippen LogP contribution in [0.1, 0.15) is 17.2 Å². The van der Waals surface area contributed by atoms with Crippen molar-refractivity contribution < 1.29 is 5.11 Å². The largest absolute Gasteiger partial charge is 0.394 e. The highest BCUT2D eigenvalue weighted by molar-refractivity contribution is 5.25. The van der Waals surface area contributed by atoms with Crippen molar-refractivity contribution in [2.75, 3.05) is 32.8 Å². The summed E-state index contributed by atoms with van der Waals surface area (Å²) in [6.45, 7) is 6.35. The maximum absolute atomic E-state index is 9.56. The molecule has 0 radical (unpaired) electrons. The molecule has 0 bridgehead atoms. The van der Waals surface area contributed by atoms with E-state index in [1.165, 1.54) is 11.1 Å². The molecule has 1 unspecified atom stereocenters. The van der Waals surface area contributed by atoms with Crippen LogP contribution in [0, 0.1) is 6.92 Å². The van der Waals surface area contributed by atoms with Gasteiger partial charge in [0.2, 0.25) is 0 Å². The van der Waals surface area contributed by atoms with Gasteiger partial charge >= 0.3 is 0 Å². The van der Waals surface area contributed by atoms with Crippen molar-refractivity contribution in [1.82, 2.24) is 10.2 Å². The second kappa shape index (κ2) is 5.43. The maximum Gasteiger partial charge on any atom is 0.0628 e. The summed E-state index contributed by atoms with van der Waals surface area (Å²) in [5.74, 6) is 0. The van der Waals surface area contributed by atoms with Crippen molar-refractivity contribution in [1.29, 1.82) is 0 Å². The number of nitrogens with zero attached hydrogens (tertiary/aromatic N) is 1. The van der Waals surface area contributed by atoms with E-state index >= 15 is 0 Å². The molecule has 0 spiro atoms. The van der Waals surface area contributed by atoms with Gasteiger partial charge in [0.15, 0.2) is 0 Å². The summed E-state index contributed by atoms with van der Waals surface area (Å²) in [5.41, 5.74) is 2.48. The fourth-order valence-electron chi connectivity index (χ4n) is 2.30. The first-order chi connectivity index (χ1) is 7.81. The highest BCUT2D eigenvalue weighted by Crippen LogP contribution is 2.21. The van der Waals surface area contributed by atoms with Gasteiger partial charge in [-0.3, -0.25) is 4.90 Å². The number of piperazine rings is 1. The number of nitrogens with one attached hydrogen (secondary N) is 1. The lowest BCUT2D eigenvalue weighted by molar-refractivity contribution is 0.111. The fraction of sp³-hybridized carbons (Fsp3) is 0.538. The average Bonchev–Trinajstić information content (AvgIpc) is 2.31. The van der Waals surface area contributed by atoms with Gasteiger partial charge in [-0.1, -0.05) is 29.8 Å². The molecule has 88 valence electrons. The number of hydrogen-bond donors (Lipinski definition) is 2. The van der Waals surface area contributed by atoms with E-state index in [1.54, 1.807) is 0 Å². The average molecular weight is 220 g/mol. The van der Waals surface area contributed by atoms with Gasteiger partial charge in [0.05, 0.1) is 12.6 Å². The number of benzene rings is 1. The van der Waals surface area contributed by atoms with Crippen molar-refractivity contribution in [2.24, 2.45) is 0 Å². The third-order valence-electron chi connectivity index (χ3n) is 3.19. The van der Waals surface area contributed by atoms with E-state index < -0.39 is 0 Å². The summed E-state index contributed by atoms with van der Waals surface area (Å²) in [7, 11) is 0. The molecule has 1 aliphatic heterocycles. The van der Waals surface area contributed by atoms with Gasteiger partial charge in [0.1, 0.15) is 0 Å². The molecule has 0 aliphatic carbocycles. The number of hydrogen-bond acceptors (Lipinski definition) is 3. The molecule has 3 heteroatoms. The van der Waals surface area contributed by atoms with Crippen LogP contribution in [0.25, 0.3) is 0 Å². The third-order valence-corrected chi connectivity index (χ3v) is 3.19. The van der Waals surface area contributed by atoms with Crippen LogP contribution >= 0.6 is 0 Å². The highest BCUT2D eigenvalue weighted by Gasteiger charge is 2.21. The summed E-state index contributed by atoms with van der Waals surface area (Å²) in [6.07, 6.45) is 0. The van der Waals surface area contributed by atoms with E-state index in [2.05, 4.69) is 41.4 Å². The Labute approximate surface area is 97.1 Å². The van der Waals surface area contributed by atoms with Crippen molar-refractivity contribution in [3.05, 3.63) is 35.4 Å². The fourth-order valence-corrected chi connectivity index (χ4v) is 2.30. The van der Waals surface area contributed by atoms with Gasteiger partial charge in [-0.25, -0.2) is 0 Å². The standard InChI is InChI=1S/C13H20N2O/c1-11-3-2-4-12(9-11)13(10-16)15-7-5-14-6-8-15/h2-4,9,13-14,16H,5-8,10H2,1H3. The SMILES string of the molecule is Cc1cccc(C(CO)N2CCNCC2)c1. The zero-order chi connectivity index (χ0) is 11.4. The summed E-state index contributed by atoms with van der Waals surface area (Å²) in [5, 5.41) is 12.9. The zero-order valence-corrected chi connectivity index (χ0v) is 9.82. The maximum atomic E-state index is 9.56. The van der Waals surface area contributed by atoms with Crippen molar-refractivity contribution in [3.63, 3.8) is 0 Å². The smallest absolute Gasteiger partial charge is 0.0628 e. The molecule has 1 aliphatic rings. The molecular weight excluding hydrogens is 200 g/mol. The Hall–Kier alpha value is -0.900. The summed E-state index contributed by atoms with van der Waals surface area (Å²) in [6, 6.07) is 8.59. The first kappa shape index (κ1) is 11.6. The predicted octanol–water partition coefficient (Wildman–Crippen LogP) is 0.934. The van der Waals surface area contributed by atoms with E-state index in [4.69, 9.17) is 0 Å². The number of rotatable bonds is 3. The lowest BCUT2D eigenvalue weighted by Crippen LogP contribution is -2.46. The van der Waals surface area contributed by atoms with E-state index in [-0.39, 0.29) is 12.6 Å². The van der Waals surface area contributed by atoms with Gasteiger partial charge in [0.25, 0.3) is 0 Å². The number of aliphatic hydroxyl groups excluding tert-OH is 1. The van der Waals surface area contributed by atoms with E-state index in [0.717, 1.165) is 26.2 Å². The van der Waals surface area contributed by atoms with Gasteiger partial charge < -0.3 is 10.4 Å². The lowest BCUT2D eigenvalue weighted by atomic mass is 10.0. The third kappa shape index (κ3) is 2.61. The second-order valence-corrected chi connectivity index (χ2v) is 4.40. The number of aryl methyl sites for hydroxylation is 1. The van der Waals surface area contributed by atoms with Crippen LogP contribution < -0.4 is 5.32 Å². The van der Waals surface area contributed by atoms with Gasteiger partial charge in [-0.15, -0.1) is 0 Å². The molecule has 2 rings (SSSR count). The molecule has 2 N–H and O–H groups in total. The minimum Gasteiger partial charge on any atom is -0.394 e. The van der Waals surface area contributed by atoms with Crippen LogP contribution in [0.4, 0.5) is 0 Å². The Balaban J connectivity index is 2.14. The van der Waals surface area contributed by atoms with Gasteiger partial charge in [0, 0.05) is 26.2 Å². The molecule has 0 amide bonds. The van der Waals surface area contributed by atoms with E-state index in [1.807, 2.05) is 0 Å². The monoisotopic (exact) mass is 220 g/mol. The first-order valence-electron chi connectivity index (χ1n) is 5.93. The van der Waals surface area contributed by atoms with Crippen molar-refractivity contribution >= 4 is 0 Å². The molecule has 16 heavy (non-hydrogen) atoms. The normalized spacial score (nSPS) is 19.6. The van der Waals surface area contributed by atoms with Crippen LogP contribution in [0.5, 0.6) is 0 Å². The molecule has 1 fully saturated rings. The quantitative estimate of drug-likeness (QED) is 0.795. The Morgan fingerprint density at radius 1 is 1.38 bits per heavy atom. The Bertz CT molecular complexity index is 334. The lowest BCUT2D eigenvalue weighted by Gasteiger charge is -2.34. The predicted molar refractivity (Wildman–Crippen MR) is 65.4 cm³/mol. The van der Waals surface area contributed by atoms with Crippen LogP contribution in [-0.4, -0.2) is 42.8 Å². The molecule has 0 saturated carbocycles. The first-order valence-corrected chi connectivity index (χ1v) is 5.93. The molecule has 1 aromatic carbocycles. The highest BCUT2D eigenvalue weighted by atomic mass is 16.3. The van der Waals surface area contributed by atoms with Crippen LogP contribution in [0.15, 0.2) is 24.3 Å². The Morgan fingerprint density at radius 2 is 2.12 bits per heavy atom. The van der Waals surface area contributed by atoms with Gasteiger partial charge in [-0.05, 0) is 12.5 Å². The van der Waals surface area contributed by atoms with Crippen molar-refractivity contribution in [2.45, 2.75) is 13.0 Å². The Kier molecular flexibility index (Phi) is 3.93. The summed E-state index contributed by atoms with van der Waals surface area (Å²) in [4.78, 5) is 2.35. The molecule has 1 heterocycles. The Morgan fingerprint density at radius 3 is 2.75 bits per heavy atom. The zero-order valence-electron chi connectivity index (χ0n) is 9.82. The second-order valence-electron chi connectivity index (χ2n) is 4.40. The van der Waals surface area contributed by atoms with Crippen LogP contribution in [0.3, 0.4) is 0 Å². The molecule has 3 nitrogen and oxygen atoms in total. The topological polar surface area (TPSA) is 35.5 Å². The van der Waals surface area contributed by atoms with Gasteiger partial charge in [-0.2, -0.15) is 0 Å². The molecule has 1 aromatic rings. The van der Waals surface area contributed by atoms with E-state index in [0.29, 0.717) is 0 Å². The minimum atomic E-state index is 0.155. The molecular formula is C13H20N2O. The minimum absolute atomic E-state index is 0.155.